The average Bonchev–Trinajstić information content (AvgIpc) is 4.05. The highest BCUT2D eigenvalue weighted by molar-refractivity contribution is 5.98. The van der Waals surface area contributed by atoms with E-state index in [0.29, 0.717) is 57.4 Å². The Morgan fingerprint density at radius 3 is 1.45 bits per heavy atom. The molecule has 1 aliphatic heterocycles. The van der Waals surface area contributed by atoms with Crippen molar-refractivity contribution in [3.63, 3.8) is 0 Å². The lowest BCUT2D eigenvalue weighted by Crippen LogP contribution is -2.60. The molecule has 71 heavy (non-hydrogen) atoms. The summed E-state index contributed by atoms with van der Waals surface area (Å²) in [6.45, 7) is 12.6. The smallest absolute Gasteiger partial charge is 0.243 e. The lowest BCUT2D eigenvalue weighted by Gasteiger charge is -2.29. The number of benzene rings is 1. The highest BCUT2D eigenvalue weighted by Crippen LogP contribution is 2.14. The van der Waals surface area contributed by atoms with Crippen molar-refractivity contribution in [3.8, 4) is 0 Å². The summed E-state index contributed by atoms with van der Waals surface area (Å²) in [5, 5.41) is 22.8. The van der Waals surface area contributed by atoms with E-state index in [2.05, 4.69) is 52.5 Å². The van der Waals surface area contributed by atoms with E-state index in [4.69, 9.17) is 17.2 Å². The summed E-state index contributed by atoms with van der Waals surface area (Å²) in [4.78, 5) is 117. The molecule has 8 amide bonds. The van der Waals surface area contributed by atoms with Gasteiger partial charge >= 0.3 is 0 Å². The Kier molecular flexibility index (Phi) is 26.3. The molecule has 0 aliphatic carbocycles. The Morgan fingerprint density at radius 1 is 0.577 bits per heavy atom. The van der Waals surface area contributed by atoms with Crippen LogP contribution in [0.2, 0.25) is 0 Å². The molecule has 1 fully saturated rings. The van der Waals surface area contributed by atoms with Crippen LogP contribution in [0, 0.1) is 17.8 Å². The van der Waals surface area contributed by atoms with Gasteiger partial charge in [-0.05, 0) is 114 Å². The number of carbonyl (C=O) groups excluding carboxylic acids is 8. The van der Waals surface area contributed by atoms with Gasteiger partial charge in [0.25, 0.3) is 0 Å². The fourth-order valence-corrected chi connectivity index (χ4v) is 8.35. The molecular formula is C50H83N13O8. The number of primary amides is 1. The summed E-state index contributed by atoms with van der Waals surface area (Å²) in [5.41, 5.74) is 18.6. The molecule has 0 radical (unpaired) electrons. The van der Waals surface area contributed by atoms with Crippen molar-refractivity contribution < 1.29 is 38.4 Å². The zero-order valence-electron chi connectivity index (χ0n) is 42.7. The van der Waals surface area contributed by atoms with Gasteiger partial charge in [-0.15, -0.1) is 0 Å². The molecule has 0 saturated carbocycles. The van der Waals surface area contributed by atoms with Gasteiger partial charge in [0.15, 0.2) is 0 Å². The molecule has 1 aromatic carbocycles. The fraction of sp³-hybridized carbons (Fsp3) is 0.660. The van der Waals surface area contributed by atoms with Crippen LogP contribution >= 0.6 is 0 Å². The number of aromatic nitrogens is 2. The first kappa shape index (κ1) is 59.4. The molecule has 3 rings (SSSR count). The molecule has 1 aromatic heterocycles. The van der Waals surface area contributed by atoms with E-state index in [0.717, 1.165) is 12.0 Å². The molecule has 396 valence electrons. The lowest BCUT2D eigenvalue weighted by atomic mass is 9.99. The minimum atomic E-state index is -1.20. The number of nitrogens with one attached hydrogen (secondary N) is 9. The number of hydrogen-bond acceptors (Lipinski definition) is 12. The predicted octanol–water partition coefficient (Wildman–Crippen LogP) is 0.222. The van der Waals surface area contributed by atoms with Crippen LogP contribution in [0.1, 0.15) is 123 Å². The van der Waals surface area contributed by atoms with Gasteiger partial charge in [-0.3, -0.25) is 38.4 Å². The Labute approximate surface area is 419 Å². The number of nitrogens with two attached hydrogens (primary N) is 3. The highest BCUT2D eigenvalue weighted by Gasteiger charge is 2.35. The largest absolute Gasteiger partial charge is 0.368 e. The monoisotopic (exact) mass is 994 g/mol. The zero-order chi connectivity index (χ0) is 52.5. The number of hydrogen-bond donors (Lipinski definition) is 12. The van der Waals surface area contributed by atoms with Crippen molar-refractivity contribution in [1.29, 1.82) is 0 Å². The maximum Gasteiger partial charge on any atom is 0.243 e. The molecule has 8 atom stereocenters. The maximum absolute atomic E-state index is 14.3. The first-order valence-corrected chi connectivity index (χ1v) is 25.4. The van der Waals surface area contributed by atoms with E-state index in [1.54, 1.807) is 0 Å². The van der Waals surface area contributed by atoms with Gasteiger partial charge < -0.3 is 64.7 Å². The molecule has 1 aliphatic rings. The van der Waals surface area contributed by atoms with Gasteiger partial charge in [-0.1, -0.05) is 71.9 Å². The molecule has 2 aromatic rings. The van der Waals surface area contributed by atoms with E-state index in [-0.39, 0.29) is 68.6 Å². The van der Waals surface area contributed by atoms with Crippen molar-refractivity contribution in [2.45, 2.75) is 173 Å². The van der Waals surface area contributed by atoms with Crippen LogP contribution in [0.25, 0.3) is 0 Å². The number of carbonyl (C=O) groups is 8. The van der Waals surface area contributed by atoms with Crippen LogP contribution in [0.4, 0.5) is 0 Å². The quantitative estimate of drug-likeness (QED) is 0.0428. The normalized spacial score (nSPS) is 16.5. The van der Waals surface area contributed by atoms with E-state index < -0.39 is 89.7 Å². The highest BCUT2D eigenvalue weighted by atomic mass is 16.2. The van der Waals surface area contributed by atoms with Crippen LogP contribution in [0.5, 0.6) is 0 Å². The first-order chi connectivity index (χ1) is 33.8. The third kappa shape index (κ3) is 21.9. The second-order valence-corrected chi connectivity index (χ2v) is 19.9. The predicted molar refractivity (Wildman–Crippen MR) is 270 cm³/mol. The van der Waals surface area contributed by atoms with Crippen molar-refractivity contribution in [2.75, 3.05) is 19.6 Å². The summed E-state index contributed by atoms with van der Waals surface area (Å²) in [5.74, 6) is -5.08. The Hall–Kier alpha value is -5.93. The van der Waals surface area contributed by atoms with Gasteiger partial charge in [-0.2, -0.15) is 0 Å². The molecule has 21 heteroatoms. The van der Waals surface area contributed by atoms with Gasteiger partial charge in [0.2, 0.25) is 47.3 Å². The summed E-state index contributed by atoms with van der Waals surface area (Å²) < 4.78 is 0. The zero-order valence-corrected chi connectivity index (χ0v) is 42.7. The molecule has 2 heterocycles. The number of amides is 8. The number of nitrogens with zero attached hydrogens (tertiary/aromatic N) is 1. The van der Waals surface area contributed by atoms with Crippen molar-refractivity contribution in [2.24, 2.45) is 35.0 Å². The van der Waals surface area contributed by atoms with Crippen LogP contribution in [-0.4, -0.2) is 125 Å². The maximum atomic E-state index is 14.3. The number of aromatic amines is 1. The molecule has 0 spiro atoms. The second kappa shape index (κ2) is 31.4. The Bertz CT molecular complexity index is 1980. The topological polar surface area (TPSA) is 340 Å². The summed E-state index contributed by atoms with van der Waals surface area (Å²) in [7, 11) is 0. The molecular weight excluding hydrogens is 911 g/mol. The standard InChI is InChI=1S/C50H83N13O8/c1-30(2)23-38(43(53)64)59-50(71)42(27-34-28-54-29-56-34)63-48(69)40(25-32(5)6)61-45(66)36(17-10-12-20-51)57-47(68)39(24-31(3)4)60-46(67)37(18-11-13-21-52)58-49(70)41(26-33-15-8-7-9-16-33)62-44(65)35-19-14-22-55-35/h7-9,15-16,28-32,35-42,55H,10-14,17-27,51-52H2,1-6H3,(H2,53,64)(H,54,56)(H,57,68)(H,58,70)(H,59,71)(H,60,67)(H,61,66)(H,62,65)(H,63,69)/t35-,36-,37-,38-,39-,40-,41-,42-/m0/s1. The van der Waals surface area contributed by atoms with Crippen molar-refractivity contribution in [1.82, 2.24) is 52.5 Å². The summed E-state index contributed by atoms with van der Waals surface area (Å²) in [6.07, 6.45) is 7.49. The molecule has 0 bridgehead atoms. The van der Waals surface area contributed by atoms with Crippen molar-refractivity contribution in [3.05, 3.63) is 54.1 Å². The van der Waals surface area contributed by atoms with E-state index in [1.807, 2.05) is 71.9 Å². The first-order valence-electron chi connectivity index (χ1n) is 25.4. The Morgan fingerprint density at radius 2 is 1.01 bits per heavy atom. The van der Waals surface area contributed by atoms with Crippen LogP contribution < -0.4 is 59.7 Å². The average molecular weight is 994 g/mol. The van der Waals surface area contributed by atoms with E-state index >= 15 is 0 Å². The minimum Gasteiger partial charge on any atom is -0.368 e. The lowest BCUT2D eigenvalue weighted by molar-refractivity contribution is -0.136. The number of rotatable bonds is 33. The molecule has 15 N–H and O–H groups in total. The third-order valence-corrected chi connectivity index (χ3v) is 12.1. The molecule has 21 nitrogen and oxygen atoms in total. The summed E-state index contributed by atoms with van der Waals surface area (Å²) >= 11 is 0. The number of imidazole rings is 1. The fourth-order valence-electron chi connectivity index (χ4n) is 8.35. The summed E-state index contributed by atoms with van der Waals surface area (Å²) in [6, 6.07) is 0.993. The van der Waals surface area contributed by atoms with Crippen molar-refractivity contribution >= 4 is 47.3 Å². The third-order valence-electron chi connectivity index (χ3n) is 12.1. The van der Waals surface area contributed by atoms with E-state index in [1.165, 1.54) is 12.5 Å². The Balaban J connectivity index is 1.86. The minimum absolute atomic E-state index is 0.0195. The van der Waals surface area contributed by atoms with Gasteiger partial charge in [0.1, 0.15) is 42.3 Å². The van der Waals surface area contributed by atoms with Gasteiger partial charge in [0.05, 0.1) is 12.4 Å². The van der Waals surface area contributed by atoms with Crippen LogP contribution in [0.15, 0.2) is 42.9 Å². The number of unbranched alkanes of at least 4 members (excludes halogenated alkanes) is 2. The molecule has 1 saturated heterocycles. The van der Waals surface area contributed by atoms with Crippen LogP contribution in [-0.2, 0) is 51.2 Å². The van der Waals surface area contributed by atoms with E-state index in [9.17, 15) is 38.4 Å². The van der Waals surface area contributed by atoms with Gasteiger partial charge in [0, 0.05) is 24.7 Å². The van der Waals surface area contributed by atoms with Gasteiger partial charge in [-0.25, -0.2) is 4.98 Å². The SMILES string of the molecule is CC(C)C[C@H](NC(=O)[C@H](Cc1cnc[nH]1)NC(=O)[C@H](CC(C)C)NC(=O)[C@H](CCCCN)NC(=O)[C@H](CC(C)C)NC(=O)[C@H](CCCCN)NC(=O)[C@H](Cc1ccccc1)NC(=O)[C@@H]1CCCN1)C(N)=O. The number of H-pyrrole nitrogens is 1. The second-order valence-electron chi connectivity index (χ2n) is 19.9. The molecule has 0 unspecified atom stereocenters. The van der Waals surface area contributed by atoms with Crippen LogP contribution in [0.3, 0.4) is 0 Å².